The predicted octanol–water partition coefficient (Wildman–Crippen LogP) is 3.82. The summed E-state index contributed by atoms with van der Waals surface area (Å²) in [5.41, 5.74) is 0.963. The minimum Gasteiger partial charge on any atom is -0.320 e. The van der Waals surface area contributed by atoms with Gasteiger partial charge in [0, 0.05) is 27.0 Å². The van der Waals surface area contributed by atoms with Crippen molar-refractivity contribution >= 4 is 25.6 Å². The van der Waals surface area contributed by atoms with Gasteiger partial charge in [0.2, 0.25) is 0 Å². The molecule has 0 rings (SSSR count). The fourth-order valence-corrected chi connectivity index (χ4v) is 0.612. The first-order valence-electron chi connectivity index (χ1n) is 4.33. The molecule has 0 saturated carbocycles. The van der Waals surface area contributed by atoms with Crippen LogP contribution in [0.4, 0.5) is 0 Å². The average Bonchev–Trinajstić information content (AvgIpc) is 2.08. The normalized spacial score (nSPS) is 10.4. The van der Waals surface area contributed by atoms with E-state index < -0.39 is 0 Å². The molecule has 80 valence electrons. The van der Waals surface area contributed by atoms with E-state index in [1.807, 2.05) is 20.5 Å². The summed E-state index contributed by atoms with van der Waals surface area (Å²) in [4.78, 5) is 0. The van der Waals surface area contributed by atoms with Crippen LogP contribution in [0.25, 0.3) is 0 Å². The Morgan fingerprint density at radius 2 is 1.46 bits per heavy atom. The molecule has 13 heavy (non-hydrogen) atoms. The second-order valence-electron chi connectivity index (χ2n) is 1.95. The van der Waals surface area contributed by atoms with E-state index in [-0.39, 0.29) is 27.0 Å². The van der Waals surface area contributed by atoms with Gasteiger partial charge >= 0.3 is 0 Å². The first-order chi connectivity index (χ1) is 5.22. The van der Waals surface area contributed by atoms with Crippen LogP contribution in [-0.4, -0.2) is 27.4 Å². The molecular formula is C9H25BP2V-. The van der Waals surface area contributed by atoms with Gasteiger partial charge < -0.3 is 6.66 Å². The second kappa shape index (κ2) is 37.5. The standard InChI is InChI=1S/C5H13P.C2H6P.C2H6.B.V/c1-4-5(2)6-3;1-3-2;1-2;;/h5-6H,4H2,1-3H3;3H,1H2,2H3;1-2H3;;/q;-1;;;. The van der Waals surface area contributed by atoms with E-state index in [0.717, 1.165) is 22.8 Å². The van der Waals surface area contributed by atoms with Gasteiger partial charge in [-0.05, 0) is 18.7 Å². The van der Waals surface area contributed by atoms with Crippen LogP contribution in [-0.2, 0) is 18.6 Å². The minimum atomic E-state index is 0. The topological polar surface area (TPSA) is 0 Å². The Morgan fingerprint density at radius 3 is 1.46 bits per heavy atom. The molecule has 3 atom stereocenters. The van der Waals surface area contributed by atoms with E-state index >= 15 is 0 Å². The molecule has 4 heteroatoms. The van der Waals surface area contributed by atoms with Crippen molar-refractivity contribution in [3.8, 4) is 0 Å². The third kappa shape index (κ3) is 59.0. The molecule has 4 radical (unpaired) electrons. The SMILES string of the molecule is CC.CCC(C)PC.[B].[CH2-]PC.[V]. The van der Waals surface area contributed by atoms with E-state index in [0.29, 0.717) is 0 Å². The molecule has 0 aliphatic carbocycles. The van der Waals surface area contributed by atoms with Crippen LogP contribution in [0.2, 0.25) is 0 Å². The van der Waals surface area contributed by atoms with Gasteiger partial charge in [0.25, 0.3) is 0 Å². The predicted molar refractivity (Wildman–Crippen MR) is 70.7 cm³/mol. The van der Waals surface area contributed by atoms with Crippen molar-refractivity contribution < 1.29 is 18.6 Å². The van der Waals surface area contributed by atoms with Crippen molar-refractivity contribution in [3.05, 3.63) is 6.66 Å². The minimum absolute atomic E-state index is 0. The first-order valence-corrected chi connectivity index (χ1v) is 7.62. The molecule has 0 nitrogen and oxygen atoms in total. The van der Waals surface area contributed by atoms with Gasteiger partial charge in [-0.3, -0.25) is 8.58 Å². The molecule has 0 aromatic rings. The van der Waals surface area contributed by atoms with Crippen molar-refractivity contribution in [2.75, 3.05) is 13.3 Å². The van der Waals surface area contributed by atoms with Gasteiger partial charge in [-0.2, -0.15) is 0 Å². The van der Waals surface area contributed by atoms with Crippen molar-refractivity contribution in [1.29, 1.82) is 0 Å². The molecule has 0 spiro atoms. The Morgan fingerprint density at radius 1 is 1.23 bits per heavy atom. The summed E-state index contributed by atoms with van der Waals surface area (Å²) in [5, 5.41) is 0. The Labute approximate surface area is 104 Å². The molecule has 0 aliphatic heterocycles. The van der Waals surface area contributed by atoms with Crippen LogP contribution in [0, 0.1) is 6.66 Å². The van der Waals surface area contributed by atoms with Crippen LogP contribution in [0.1, 0.15) is 34.1 Å². The van der Waals surface area contributed by atoms with E-state index in [4.69, 9.17) is 0 Å². The molecule has 0 bridgehead atoms. The van der Waals surface area contributed by atoms with Gasteiger partial charge in [-0.25, -0.2) is 0 Å². The summed E-state index contributed by atoms with van der Waals surface area (Å²) in [6.45, 7) is 16.3. The van der Waals surface area contributed by atoms with Gasteiger partial charge in [0.15, 0.2) is 0 Å². The van der Waals surface area contributed by atoms with E-state index in [1.54, 1.807) is 0 Å². The maximum atomic E-state index is 3.51. The van der Waals surface area contributed by atoms with Crippen LogP contribution in [0.5, 0.6) is 0 Å². The molecule has 0 saturated heterocycles. The molecular weight excluding hydrogens is 232 g/mol. The summed E-state index contributed by atoms with van der Waals surface area (Å²) in [7, 11) is 1.96. The fourth-order valence-electron chi connectivity index (χ4n) is 0.204. The average molecular weight is 257 g/mol. The quantitative estimate of drug-likeness (QED) is 0.400. The summed E-state index contributed by atoms with van der Waals surface area (Å²) < 4.78 is 0. The van der Waals surface area contributed by atoms with E-state index in [1.165, 1.54) is 6.42 Å². The third-order valence-electron chi connectivity index (χ3n) is 1.11. The van der Waals surface area contributed by atoms with Crippen LogP contribution in [0.15, 0.2) is 0 Å². The number of rotatable bonds is 2. The van der Waals surface area contributed by atoms with Crippen LogP contribution < -0.4 is 0 Å². The third-order valence-corrected chi connectivity index (χ3v) is 2.50. The van der Waals surface area contributed by atoms with Gasteiger partial charge in [-0.15, -0.1) is 8.58 Å². The van der Waals surface area contributed by atoms with E-state index in [2.05, 4.69) is 27.2 Å². The molecule has 0 fully saturated rings. The Bertz CT molecular complexity index is 44.6. The largest absolute Gasteiger partial charge is 0.320 e. The zero-order valence-electron chi connectivity index (χ0n) is 10.0. The zero-order chi connectivity index (χ0) is 9.70. The van der Waals surface area contributed by atoms with Gasteiger partial charge in [0.05, 0.1) is 0 Å². The summed E-state index contributed by atoms with van der Waals surface area (Å²) in [6.07, 6.45) is 1.34. The van der Waals surface area contributed by atoms with Crippen molar-refractivity contribution in [2.45, 2.75) is 39.8 Å². The molecule has 3 unspecified atom stereocenters. The summed E-state index contributed by atoms with van der Waals surface area (Å²) >= 11 is 0. The van der Waals surface area contributed by atoms with Gasteiger partial charge in [0.1, 0.15) is 0 Å². The maximum absolute atomic E-state index is 3.51. The van der Waals surface area contributed by atoms with Gasteiger partial charge in [-0.1, -0.05) is 34.4 Å². The van der Waals surface area contributed by atoms with Crippen molar-refractivity contribution in [3.63, 3.8) is 0 Å². The Kier molecular flexibility index (Phi) is 84.4. The first kappa shape index (κ1) is 29.3. The summed E-state index contributed by atoms with van der Waals surface area (Å²) in [5.74, 6) is 0. The number of hydrogen-bond acceptors (Lipinski definition) is 0. The monoisotopic (exact) mass is 257 g/mol. The van der Waals surface area contributed by atoms with Crippen molar-refractivity contribution in [2.24, 2.45) is 0 Å². The molecule has 0 amide bonds. The van der Waals surface area contributed by atoms with E-state index in [9.17, 15) is 0 Å². The van der Waals surface area contributed by atoms with Crippen LogP contribution >= 0.6 is 17.2 Å². The Hall–Kier alpha value is 1.51. The molecule has 0 heterocycles. The molecule has 0 aromatic carbocycles. The zero-order valence-corrected chi connectivity index (χ0v) is 13.4. The molecule has 0 aromatic heterocycles. The number of hydrogen-bond donors (Lipinski definition) is 0. The smallest absolute Gasteiger partial charge is 0 e. The molecule has 0 aliphatic rings. The molecule has 0 N–H and O–H groups in total. The Balaban J connectivity index is -0.0000000268. The van der Waals surface area contributed by atoms with Crippen molar-refractivity contribution in [1.82, 2.24) is 0 Å². The summed E-state index contributed by atoms with van der Waals surface area (Å²) in [6, 6.07) is 0. The second-order valence-corrected chi connectivity index (χ2v) is 4.22. The fraction of sp³-hybridized carbons (Fsp3) is 0.889. The maximum Gasteiger partial charge on any atom is 0 e. The van der Waals surface area contributed by atoms with Crippen LogP contribution in [0.3, 0.4) is 0 Å².